The molecule has 0 saturated carbocycles. The number of aryl methyl sites for hydroxylation is 2. The van der Waals surface area contributed by atoms with E-state index in [2.05, 4.69) is 107 Å². The van der Waals surface area contributed by atoms with Gasteiger partial charge < -0.3 is 0 Å². The van der Waals surface area contributed by atoms with E-state index in [0.717, 1.165) is 39.6 Å². The van der Waals surface area contributed by atoms with Crippen LogP contribution in [-0.4, -0.2) is 9.97 Å². The van der Waals surface area contributed by atoms with Crippen molar-refractivity contribution in [1.82, 2.24) is 9.97 Å². The number of fused-ring (bicyclic) bond motifs is 3. The Morgan fingerprint density at radius 3 is 1.66 bits per heavy atom. The second-order valence-electron chi connectivity index (χ2n) is 8.78. The smallest absolute Gasteiger partial charge is 0.0974 e. The Hall–Kier alpha value is -3.52. The van der Waals surface area contributed by atoms with Gasteiger partial charge in [-0.2, -0.15) is 0 Å². The average molecular weight is 417 g/mol. The molecular weight excluding hydrogens is 388 g/mol. The molecule has 0 spiro atoms. The van der Waals surface area contributed by atoms with Crippen molar-refractivity contribution >= 4 is 21.8 Å². The van der Waals surface area contributed by atoms with Crippen LogP contribution in [0, 0.1) is 13.8 Å². The molecular formula is C30H28N2. The van der Waals surface area contributed by atoms with E-state index >= 15 is 0 Å². The second kappa shape index (κ2) is 8.20. The molecule has 0 amide bonds. The predicted molar refractivity (Wildman–Crippen MR) is 136 cm³/mol. The Balaban J connectivity index is 1.76. The highest BCUT2D eigenvalue weighted by Gasteiger charge is 2.14. The largest absolute Gasteiger partial charge is 0.251 e. The summed E-state index contributed by atoms with van der Waals surface area (Å²) in [5.41, 5.74) is 10.2. The molecule has 2 heterocycles. The summed E-state index contributed by atoms with van der Waals surface area (Å²) in [5.74, 6) is 0.576. The molecule has 0 saturated heterocycles. The van der Waals surface area contributed by atoms with Crippen molar-refractivity contribution in [2.45, 2.75) is 40.0 Å². The highest BCUT2D eigenvalue weighted by Crippen LogP contribution is 2.36. The Morgan fingerprint density at radius 2 is 1.16 bits per heavy atom. The molecule has 0 bridgehead atoms. The zero-order chi connectivity index (χ0) is 22.2. The van der Waals surface area contributed by atoms with E-state index in [1.165, 1.54) is 27.8 Å². The first-order valence-electron chi connectivity index (χ1n) is 11.4. The van der Waals surface area contributed by atoms with E-state index in [4.69, 9.17) is 9.97 Å². The van der Waals surface area contributed by atoms with Gasteiger partial charge in [0.15, 0.2) is 0 Å². The van der Waals surface area contributed by atoms with Crippen molar-refractivity contribution < 1.29 is 0 Å². The first-order valence-corrected chi connectivity index (χ1v) is 11.4. The topological polar surface area (TPSA) is 25.8 Å². The van der Waals surface area contributed by atoms with E-state index in [0.29, 0.717) is 5.92 Å². The zero-order valence-corrected chi connectivity index (χ0v) is 19.2. The average Bonchev–Trinajstić information content (AvgIpc) is 2.83. The molecule has 158 valence electrons. The van der Waals surface area contributed by atoms with Crippen molar-refractivity contribution in [2.24, 2.45) is 0 Å². The zero-order valence-electron chi connectivity index (χ0n) is 19.2. The Kier molecular flexibility index (Phi) is 5.22. The quantitative estimate of drug-likeness (QED) is 0.276. The summed E-state index contributed by atoms with van der Waals surface area (Å²) in [6.45, 7) is 8.66. The van der Waals surface area contributed by atoms with Crippen molar-refractivity contribution in [3.05, 3.63) is 95.8 Å². The summed E-state index contributed by atoms with van der Waals surface area (Å²) in [4.78, 5) is 9.91. The van der Waals surface area contributed by atoms with Crippen LogP contribution in [0.3, 0.4) is 0 Å². The van der Waals surface area contributed by atoms with Crippen molar-refractivity contribution in [3.8, 4) is 22.3 Å². The molecule has 2 nitrogen and oxygen atoms in total. The number of rotatable bonds is 4. The van der Waals surface area contributed by atoms with Gasteiger partial charge in [0.1, 0.15) is 0 Å². The van der Waals surface area contributed by atoms with E-state index in [1.54, 1.807) is 0 Å². The minimum absolute atomic E-state index is 0.576. The van der Waals surface area contributed by atoms with E-state index in [-0.39, 0.29) is 0 Å². The molecule has 2 heteroatoms. The molecule has 5 rings (SSSR count). The first kappa shape index (κ1) is 20.4. The molecule has 0 aliphatic rings. The Morgan fingerprint density at radius 1 is 0.656 bits per heavy atom. The lowest BCUT2D eigenvalue weighted by Gasteiger charge is -2.14. The van der Waals surface area contributed by atoms with Crippen LogP contribution in [0.1, 0.15) is 43.1 Å². The third kappa shape index (κ3) is 3.56. The lowest BCUT2D eigenvalue weighted by Crippen LogP contribution is -1.95. The van der Waals surface area contributed by atoms with Crippen LogP contribution in [-0.2, 0) is 0 Å². The van der Waals surface area contributed by atoms with Crippen LogP contribution in [0.4, 0.5) is 0 Å². The summed E-state index contributed by atoms with van der Waals surface area (Å²) in [7, 11) is 0. The number of pyridine rings is 2. The summed E-state index contributed by atoms with van der Waals surface area (Å²) >= 11 is 0. The summed E-state index contributed by atoms with van der Waals surface area (Å²) < 4.78 is 0. The predicted octanol–water partition coefficient (Wildman–Crippen LogP) is 8.25. The van der Waals surface area contributed by atoms with Gasteiger partial charge >= 0.3 is 0 Å². The summed E-state index contributed by atoms with van der Waals surface area (Å²) in [6, 6.07) is 28.4. The maximum absolute atomic E-state index is 4.96. The fourth-order valence-corrected chi connectivity index (χ4v) is 4.55. The molecule has 1 atom stereocenters. The fourth-order valence-electron chi connectivity index (χ4n) is 4.55. The molecule has 2 aromatic heterocycles. The molecule has 1 unspecified atom stereocenters. The summed E-state index contributed by atoms with van der Waals surface area (Å²) in [5, 5.41) is 2.29. The van der Waals surface area contributed by atoms with Gasteiger partial charge in [-0.05, 0) is 66.1 Å². The van der Waals surface area contributed by atoms with Crippen molar-refractivity contribution in [1.29, 1.82) is 0 Å². The van der Waals surface area contributed by atoms with Crippen LogP contribution in [0.15, 0.2) is 78.9 Å². The number of nitrogens with zero attached hydrogens (tertiary/aromatic N) is 2. The summed E-state index contributed by atoms with van der Waals surface area (Å²) in [6.07, 6.45) is 1.15. The lowest BCUT2D eigenvalue weighted by molar-refractivity contribution is 0.734. The molecule has 32 heavy (non-hydrogen) atoms. The van der Waals surface area contributed by atoms with Crippen LogP contribution >= 0.6 is 0 Å². The van der Waals surface area contributed by atoms with Crippen molar-refractivity contribution in [2.75, 3.05) is 0 Å². The maximum Gasteiger partial charge on any atom is 0.0974 e. The van der Waals surface area contributed by atoms with Crippen LogP contribution < -0.4 is 0 Å². The lowest BCUT2D eigenvalue weighted by atomic mass is 9.93. The van der Waals surface area contributed by atoms with Gasteiger partial charge in [0.2, 0.25) is 0 Å². The van der Waals surface area contributed by atoms with Gasteiger partial charge in [0.25, 0.3) is 0 Å². The third-order valence-electron chi connectivity index (χ3n) is 6.50. The number of aromatic nitrogens is 2. The van der Waals surface area contributed by atoms with Crippen LogP contribution in [0.5, 0.6) is 0 Å². The number of benzene rings is 3. The van der Waals surface area contributed by atoms with Gasteiger partial charge in [-0.1, -0.05) is 80.6 Å². The van der Waals surface area contributed by atoms with E-state index < -0.39 is 0 Å². The Bertz CT molecular complexity index is 1420. The monoisotopic (exact) mass is 416 g/mol. The van der Waals surface area contributed by atoms with Gasteiger partial charge in [0, 0.05) is 22.2 Å². The standard InChI is InChI=1S/C30H28N2/c1-5-19(2)22-11-13-24(14-12-22)28-18-21(4)32-30-26(28)16-15-25-27(17-20(3)31-29(25)30)23-9-7-6-8-10-23/h6-19H,5H2,1-4H3. The fraction of sp³-hybridized carbons (Fsp3) is 0.200. The molecule has 0 aliphatic carbocycles. The molecule has 0 N–H and O–H groups in total. The first-order chi connectivity index (χ1) is 15.5. The minimum Gasteiger partial charge on any atom is -0.251 e. The van der Waals surface area contributed by atoms with Crippen LogP contribution in [0.2, 0.25) is 0 Å². The molecule has 3 aromatic carbocycles. The third-order valence-corrected chi connectivity index (χ3v) is 6.50. The minimum atomic E-state index is 0.576. The van der Waals surface area contributed by atoms with Gasteiger partial charge in [-0.25, -0.2) is 0 Å². The number of hydrogen-bond donors (Lipinski definition) is 0. The van der Waals surface area contributed by atoms with Crippen molar-refractivity contribution in [3.63, 3.8) is 0 Å². The van der Waals surface area contributed by atoms with Gasteiger partial charge in [-0.3, -0.25) is 9.97 Å². The maximum atomic E-state index is 4.96. The molecule has 0 aliphatic heterocycles. The molecule has 5 aromatic rings. The SMILES string of the molecule is CCC(C)c1ccc(-c2cc(C)nc3c2ccc2c(-c4ccccc4)cc(C)nc23)cc1. The highest BCUT2D eigenvalue weighted by atomic mass is 14.8. The molecule has 0 radical (unpaired) electrons. The normalized spacial score (nSPS) is 12.4. The van der Waals surface area contributed by atoms with E-state index in [9.17, 15) is 0 Å². The number of hydrogen-bond acceptors (Lipinski definition) is 2. The molecule has 0 fully saturated rings. The highest BCUT2D eigenvalue weighted by molar-refractivity contribution is 6.12. The van der Waals surface area contributed by atoms with Crippen LogP contribution in [0.25, 0.3) is 44.1 Å². The van der Waals surface area contributed by atoms with E-state index in [1.807, 2.05) is 0 Å². The van der Waals surface area contributed by atoms with Gasteiger partial charge in [-0.15, -0.1) is 0 Å². The second-order valence-corrected chi connectivity index (χ2v) is 8.78. The van der Waals surface area contributed by atoms with Gasteiger partial charge in [0.05, 0.1) is 11.0 Å². The Labute approximate surface area is 190 Å².